The van der Waals surface area contributed by atoms with Crippen molar-refractivity contribution < 1.29 is 153 Å². The largest absolute Gasteiger partial charge is 0.481 e. The lowest BCUT2D eigenvalue weighted by atomic mass is 10.4. The van der Waals surface area contributed by atoms with Crippen molar-refractivity contribution in [1.82, 2.24) is 10.6 Å². The summed E-state index contributed by atoms with van der Waals surface area (Å²) in [6.45, 7) is 20.2. The third-order valence-corrected chi connectivity index (χ3v) is 10.9. The molecule has 5 N–H and O–H groups in total. The topological polar surface area (TPSA) is 376 Å². The van der Waals surface area contributed by atoms with Crippen molar-refractivity contribution in [3.05, 3.63) is 0 Å². The Bertz CT molecular complexity index is 1480. The first-order valence-corrected chi connectivity index (χ1v) is 32.0. The van der Waals surface area contributed by atoms with Crippen molar-refractivity contribution in [1.29, 1.82) is 0 Å². The van der Waals surface area contributed by atoms with Crippen LogP contribution in [0.1, 0.15) is 20.3 Å². The summed E-state index contributed by atoms with van der Waals surface area (Å²) in [5.74, 6) is -1.57. The van der Waals surface area contributed by atoms with Gasteiger partial charge in [0.2, 0.25) is 11.8 Å². The summed E-state index contributed by atoms with van der Waals surface area (Å²) in [7, 11) is 0. The van der Waals surface area contributed by atoms with Crippen LogP contribution in [0.4, 0.5) is 0 Å². The lowest BCUT2D eigenvalue weighted by molar-refractivity contribution is -0.139. The van der Waals surface area contributed by atoms with Crippen LogP contribution >= 0.6 is 0 Å². The van der Waals surface area contributed by atoms with Gasteiger partial charge < -0.3 is 149 Å². The van der Waals surface area contributed by atoms with Gasteiger partial charge in [0.05, 0.1) is 324 Å². The van der Waals surface area contributed by atoms with E-state index in [1.165, 1.54) is 0 Å². The van der Waals surface area contributed by atoms with Gasteiger partial charge in [0.1, 0.15) is 20.0 Å². The first kappa shape index (κ1) is 93.3. The van der Waals surface area contributed by atoms with Crippen LogP contribution in [0.25, 0.3) is 0 Å². The molecule has 94 heavy (non-hydrogen) atoms. The summed E-state index contributed by atoms with van der Waals surface area (Å²) in [5.41, 5.74) is 0. The lowest BCUT2D eigenvalue weighted by Gasteiger charge is -2.09. The Labute approximate surface area is 556 Å². The standard InChI is InChI=1S/C59H116N2O32.CH4/c62-56(60-3-7-70-11-15-74-19-23-78-27-31-82-35-39-86-43-47-90-51-49-88-45-41-84-37-33-80-29-25-76-21-17-72-13-9-68-5-1-58(64)65)53-92-55-93-54-57(63)61-4-8-71-12-16-75-20-24-79-28-32-83-36-40-87-44-48-91-52-50-89-46-42-85-38-34-81-30-26-77-22-18-73-14-10-69-6-2-59(66)67;/h58,64-65H,1-55H2,(H,60,62)(H,61,63)(H,66,67);1H4. The molecule has 0 spiro atoms. The fraction of sp³-hybridized carbons (Fsp3) is 0.950. The molecule has 34 nitrogen and oxygen atoms in total. The molecule has 0 radical (unpaired) electrons. The van der Waals surface area contributed by atoms with Gasteiger partial charge in [0.25, 0.3) is 0 Å². The van der Waals surface area contributed by atoms with Crippen LogP contribution in [0.2, 0.25) is 0 Å². The lowest BCUT2D eigenvalue weighted by Crippen LogP contribution is -2.32. The van der Waals surface area contributed by atoms with E-state index in [-0.39, 0.29) is 65.3 Å². The fourth-order valence-electron chi connectivity index (χ4n) is 6.35. The molecular weight excluding hydrogens is 1260 g/mol. The van der Waals surface area contributed by atoms with Crippen LogP contribution in [0.5, 0.6) is 0 Å². The van der Waals surface area contributed by atoms with Crippen molar-refractivity contribution in [3.63, 3.8) is 0 Å². The molecule has 0 unspecified atom stereocenters. The van der Waals surface area contributed by atoms with E-state index in [9.17, 15) is 14.4 Å². The Morgan fingerprint density at radius 2 is 0.394 bits per heavy atom. The first-order valence-electron chi connectivity index (χ1n) is 32.0. The van der Waals surface area contributed by atoms with Crippen LogP contribution in [0.3, 0.4) is 0 Å². The van der Waals surface area contributed by atoms with Crippen LogP contribution < -0.4 is 10.6 Å². The Balaban J connectivity index is 0. The van der Waals surface area contributed by atoms with Gasteiger partial charge in [-0.15, -0.1) is 0 Å². The molecule has 0 aliphatic carbocycles. The van der Waals surface area contributed by atoms with E-state index in [2.05, 4.69) is 10.6 Å². The second-order valence-electron chi connectivity index (χ2n) is 18.6. The maximum atomic E-state index is 12.0. The van der Waals surface area contributed by atoms with E-state index < -0.39 is 12.3 Å². The van der Waals surface area contributed by atoms with E-state index in [4.69, 9.17) is 138 Å². The molecule has 2 amide bonds. The van der Waals surface area contributed by atoms with Crippen LogP contribution in [0, 0.1) is 0 Å². The Hall–Kier alpha value is -2.71. The highest BCUT2D eigenvalue weighted by Crippen LogP contribution is 1.93. The molecule has 0 aliphatic heterocycles. The number of aliphatic hydroxyl groups excluding tert-OH is 1. The molecule has 0 saturated heterocycles. The number of nitrogens with one attached hydrogen (secondary N) is 2. The van der Waals surface area contributed by atoms with Crippen LogP contribution in [0.15, 0.2) is 0 Å². The zero-order valence-electron chi connectivity index (χ0n) is 55.1. The van der Waals surface area contributed by atoms with Crippen molar-refractivity contribution in [2.75, 3.05) is 350 Å². The summed E-state index contributed by atoms with van der Waals surface area (Å²) in [6, 6.07) is 0. The molecular formula is C60H120N2O32. The highest BCUT2D eigenvalue weighted by atomic mass is 16.7. The number of ether oxygens (including phenoxy) is 26. The van der Waals surface area contributed by atoms with Gasteiger partial charge in [0.15, 0.2) is 6.29 Å². The summed E-state index contributed by atoms with van der Waals surface area (Å²) < 4.78 is 141. The smallest absolute Gasteiger partial charge is 0.305 e. The molecule has 0 heterocycles. The van der Waals surface area contributed by atoms with E-state index >= 15 is 0 Å². The molecule has 34 heteroatoms. The molecule has 0 aromatic heterocycles. The number of rotatable bonds is 84. The number of carboxylic acids is 1. The summed E-state index contributed by atoms with van der Waals surface area (Å²) in [5, 5.41) is 31.3. The minimum absolute atomic E-state index is 0. The first-order chi connectivity index (χ1) is 45.9. The fourth-order valence-corrected chi connectivity index (χ4v) is 6.35. The highest BCUT2D eigenvalue weighted by molar-refractivity contribution is 5.77. The SMILES string of the molecule is C.O=C(O)CCOCCOCCOCCOCCOCCOCCOCCOCCOCCOCCOCCOCCNC(=O)COCOCC(=O)NCCOCCOCCOCCOCCOCCOCCOCCOCCOCCOCCOCCOCCC(O)O. The maximum absolute atomic E-state index is 12.0. The van der Waals surface area contributed by atoms with Gasteiger partial charge in [-0.05, 0) is 0 Å². The average molecular weight is 1380 g/mol. The number of aliphatic hydroxyl groups is 2. The van der Waals surface area contributed by atoms with Gasteiger partial charge in [0, 0.05) is 19.5 Å². The van der Waals surface area contributed by atoms with Crippen LogP contribution in [-0.2, 0) is 138 Å². The van der Waals surface area contributed by atoms with Gasteiger partial charge in [-0.3, -0.25) is 14.4 Å². The molecule has 0 fully saturated rings. The second kappa shape index (κ2) is 84.5. The maximum Gasteiger partial charge on any atom is 0.305 e. The number of carbonyl (C=O) groups is 3. The zero-order valence-corrected chi connectivity index (χ0v) is 55.1. The number of amides is 2. The highest BCUT2D eigenvalue weighted by Gasteiger charge is 2.06. The molecule has 0 aromatic carbocycles. The summed E-state index contributed by atoms with van der Waals surface area (Å²) in [4.78, 5) is 34.3. The van der Waals surface area contributed by atoms with Crippen molar-refractivity contribution >= 4 is 17.8 Å². The number of hydrogen-bond acceptors (Lipinski definition) is 31. The van der Waals surface area contributed by atoms with E-state index in [1.54, 1.807) is 0 Å². The number of carbonyl (C=O) groups excluding carboxylic acids is 2. The zero-order chi connectivity index (χ0) is 67.0. The average Bonchev–Trinajstić information content (AvgIpc) is 3.57. The van der Waals surface area contributed by atoms with Gasteiger partial charge in [-0.1, -0.05) is 7.43 Å². The third-order valence-electron chi connectivity index (χ3n) is 10.9. The number of hydrogen-bond donors (Lipinski definition) is 5. The van der Waals surface area contributed by atoms with Crippen molar-refractivity contribution in [3.8, 4) is 0 Å². The normalized spacial score (nSPS) is 11.5. The predicted octanol–water partition coefficient (Wildman–Crippen LogP) is -1.58. The van der Waals surface area contributed by atoms with Crippen molar-refractivity contribution in [2.24, 2.45) is 0 Å². The number of aliphatic carboxylic acids is 1. The third kappa shape index (κ3) is 87.3. The summed E-state index contributed by atoms with van der Waals surface area (Å²) >= 11 is 0. The second-order valence-corrected chi connectivity index (χ2v) is 18.6. The van der Waals surface area contributed by atoms with E-state index in [0.717, 1.165) is 0 Å². The number of carboxylic acid groups (broad SMARTS) is 1. The minimum Gasteiger partial charge on any atom is -0.481 e. The van der Waals surface area contributed by atoms with E-state index in [1.807, 2.05) is 0 Å². The van der Waals surface area contributed by atoms with Gasteiger partial charge in [-0.25, -0.2) is 0 Å². The van der Waals surface area contributed by atoms with Crippen molar-refractivity contribution in [2.45, 2.75) is 26.6 Å². The molecule has 0 aliphatic rings. The summed E-state index contributed by atoms with van der Waals surface area (Å²) in [6.07, 6.45) is -1.19. The van der Waals surface area contributed by atoms with Gasteiger partial charge in [-0.2, -0.15) is 0 Å². The monoisotopic (exact) mass is 1380 g/mol. The van der Waals surface area contributed by atoms with Crippen LogP contribution in [-0.4, -0.2) is 390 Å². The molecule has 562 valence electrons. The predicted molar refractivity (Wildman–Crippen MR) is 334 cm³/mol. The molecule has 0 aromatic rings. The molecule has 0 rings (SSSR count). The Morgan fingerprint density at radius 3 is 0.564 bits per heavy atom. The quantitative estimate of drug-likeness (QED) is 0.0339. The molecule has 0 saturated carbocycles. The Kier molecular flexibility index (Phi) is 83.9. The molecule has 0 bridgehead atoms. The molecule has 0 atom stereocenters. The van der Waals surface area contributed by atoms with Gasteiger partial charge >= 0.3 is 5.97 Å². The van der Waals surface area contributed by atoms with E-state index in [0.29, 0.717) is 317 Å². The minimum atomic E-state index is -1.35. The Morgan fingerprint density at radius 1 is 0.234 bits per heavy atom.